The van der Waals surface area contributed by atoms with Crippen LogP contribution in [0, 0.1) is 5.92 Å². The van der Waals surface area contributed by atoms with Crippen LogP contribution >= 0.6 is 0 Å². The van der Waals surface area contributed by atoms with Crippen LogP contribution in [0.5, 0.6) is 0 Å². The van der Waals surface area contributed by atoms with Gasteiger partial charge in [0.1, 0.15) is 0 Å². The molecule has 5 heteroatoms. The van der Waals surface area contributed by atoms with Gasteiger partial charge < -0.3 is 15.1 Å². The number of hydrogen-bond acceptors (Lipinski definition) is 3. The molecule has 0 aliphatic carbocycles. The number of benzene rings is 1. The summed E-state index contributed by atoms with van der Waals surface area (Å²) >= 11 is 0. The van der Waals surface area contributed by atoms with Crippen molar-refractivity contribution in [2.75, 3.05) is 38.1 Å². The van der Waals surface area contributed by atoms with E-state index in [0.29, 0.717) is 26.1 Å². The van der Waals surface area contributed by atoms with Gasteiger partial charge in [0.05, 0.1) is 5.92 Å². The molecule has 1 aliphatic rings. The summed E-state index contributed by atoms with van der Waals surface area (Å²) in [5, 5.41) is 2.93. The van der Waals surface area contributed by atoms with E-state index in [4.69, 9.17) is 0 Å². The molecule has 0 bridgehead atoms. The number of nitrogens with zero attached hydrogens (tertiary/aromatic N) is 2. The number of hydrogen-bond donors (Lipinski definition) is 1. The molecule has 1 N–H and O–H groups in total. The average Bonchev–Trinajstić information content (AvgIpc) is 2.89. The molecule has 1 fully saturated rings. The van der Waals surface area contributed by atoms with Crippen molar-refractivity contribution in [2.45, 2.75) is 13.3 Å². The number of para-hydroxylation sites is 1. The van der Waals surface area contributed by atoms with Crippen LogP contribution in [-0.2, 0) is 9.59 Å². The van der Waals surface area contributed by atoms with E-state index in [1.165, 1.54) is 0 Å². The van der Waals surface area contributed by atoms with Crippen LogP contribution in [0.25, 0.3) is 0 Å². The zero-order valence-corrected chi connectivity index (χ0v) is 12.7. The molecular formula is C16H23N3O2. The second kappa shape index (κ2) is 7.11. The lowest BCUT2D eigenvalue weighted by Crippen LogP contribution is -2.37. The molecule has 1 saturated heterocycles. The number of amides is 2. The minimum absolute atomic E-state index is 0.0132. The SMILES string of the molecule is CCN1C[C@@H](C(=O)NCCN(C)c2ccccc2)CC1=O. The summed E-state index contributed by atoms with van der Waals surface area (Å²) in [6.07, 6.45) is 0.341. The highest BCUT2D eigenvalue weighted by Gasteiger charge is 2.32. The maximum Gasteiger partial charge on any atom is 0.225 e. The lowest BCUT2D eigenvalue weighted by atomic mass is 10.1. The van der Waals surface area contributed by atoms with E-state index in [9.17, 15) is 9.59 Å². The topological polar surface area (TPSA) is 52.7 Å². The monoisotopic (exact) mass is 289 g/mol. The van der Waals surface area contributed by atoms with Gasteiger partial charge in [0, 0.05) is 45.3 Å². The molecule has 0 aromatic heterocycles. The molecule has 0 saturated carbocycles. The zero-order valence-electron chi connectivity index (χ0n) is 12.7. The molecule has 1 atom stereocenters. The van der Waals surface area contributed by atoms with Gasteiger partial charge in [-0.15, -0.1) is 0 Å². The number of carbonyl (C=O) groups is 2. The maximum atomic E-state index is 12.1. The molecule has 1 aromatic carbocycles. The number of carbonyl (C=O) groups excluding carboxylic acids is 2. The van der Waals surface area contributed by atoms with Gasteiger partial charge in [-0.3, -0.25) is 9.59 Å². The fourth-order valence-electron chi connectivity index (χ4n) is 2.56. The summed E-state index contributed by atoms with van der Waals surface area (Å²) in [4.78, 5) is 27.5. The fraction of sp³-hybridized carbons (Fsp3) is 0.500. The Labute approximate surface area is 125 Å². The van der Waals surface area contributed by atoms with Crippen molar-refractivity contribution < 1.29 is 9.59 Å². The number of likely N-dealkylation sites (tertiary alicyclic amines) is 1. The highest BCUT2D eigenvalue weighted by Crippen LogP contribution is 2.17. The van der Waals surface area contributed by atoms with E-state index in [1.54, 1.807) is 4.90 Å². The molecular weight excluding hydrogens is 266 g/mol. The normalized spacial score (nSPS) is 17.9. The van der Waals surface area contributed by atoms with Gasteiger partial charge >= 0.3 is 0 Å². The summed E-state index contributed by atoms with van der Waals surface area (Å²) in [5.41, 5.74) is 1.12. The van der Waals surface area contributed by atoms with Crippen molar-refractivity contribution in [3.63, 3.8) is 0 Å². The first-order valence-electron chi connectivity index (χ1n) is 7.43. The molecule has 5 nitrogen and oxygen atoms in total. The van der Waals surface area contributed by atoms with E-state index >= 15 is 0 Å². The molecule has 21 heavy (non-hydrogen) atoms. The maximum absolute atomic E-state index is 12.1. The minimum Gasteiger partial charge on any atom is -0.373 e. The first-order chi connectivity index (χ1) is 10.1. The van der Waals surface area contributed by atoms with Gasteiger partial charge in [-0.25, -0.2) is 0 Å². The minimum atomic E-state index is -0.195. The predicted octanol–water partition coefficient (Wildman–Crippen LogP) is 1.11. The number of nitrogens with one attached hydrogen (secondary N) is 1. The van der Waals surface area contributed by atoms with Crippen LogP contribution in [0.15, 0.2) is 30.3 Å². The third-order valence-electron chi connectivity index (χ3n) is 3.91. The first-order valence-corrected chi connectivity index (χ1v) is 7.43. The van der Waals surface area contributed by atoms with Gasteiger partial charge in [0.15, 0.2) is 0 Å². The largest absolute Gasteiger partial charge is 0.373 e. The molecule has 2 amide bonds. The van der Waals surface area contributed by atoms with Crippen molar-refractivity contribution in [1.29, 1.82) is 0 Å². The van der Waals surface area contributed by atoms with E-state index in [-0.39, 0.29) is 17.7 Å². The van der Waals surface area contributed by atoms with E-state index < -0.39 is 0 Å². The lowest BCUT2D eigenvalue weighted by Gasteiger charge is -2.20. The number of rotatable bonds is 6. The van der Waals surface area contributed by atoms with Gasteiger partial charge in [-0.2, -0.15) is 0 Å². The molecule has 0 spiro atoms. The second-order valence-corrected chi connectivity index (χ2v) is 5.38. The highest BCUT2D eigenvalue weighted by atomic mass is 16.2. The third-order valence-corrected chi connectivity index (χ3v) is 3.91. The fourth-order valence-corrected chi connectivity index (χ4v) is 2.56. The van der Waals surface area contributed by atoms with Crippen molar-refractivity contribution in [2.24, 2.45) is 5.92 Å². The Morgan fingerprint density at radius 1 is 1.38 bits per heavy atom. The average molecular weight is 289 g/mol. The zero-order chi connectivity index (χ0) is 15.2. The molecule has 114 valence electrons. The van der Waals surface area contributed by atoms with Crippen molar-refractivity contribution in [3.05, 3.63) is 30.3 Å². The van der Waals surface area contributed by atoms with Gasteiger partial charge in [-0.1, -0.05) is 18.2 Å². The second-order valence-electron chi connectivity index (χ2n) is 5.38. The summed E-state index contributed by atoms with van der Waals surface area (Å²) in [6.45, 7) is 4.50. The molecule has 1 aliphatic heterocycles. The van der Waals surface area contributed by atoms with Crippen LogP contribution in [0.3, 0.4) is 0 Å². The standard InChI is InChI=1S/C16H23N3O2/c1-3-19-12-13(11-15(19)20)16(21)17-9-10-18(2)14-7-5-4-6-8-14/h4-8,13H,3,9-12H2,1-2H3,(H,17,21)/t13-/m0/s1. The molecule has 1 heterocycles. The Morgan fingerprint density at radius 3 is 2.71 bits per heavy atom. The van der Waals surface area contributed by atoms with E-state index in [2.05, 4.69) is 10.2 Å². The lowest BCUT2D eigenvalue weighted by molar-refractivity contribution is -0.128. The van der Waals surface area contributed by atoms with Crippen LogP contribution in [-0.4, -0.2) is 49.9 Å². The molecule has 1 aromatic rings. The Morgan fingerprint density at radius 2 is 2.10 bits per heavy atom. The Bertz CT molecular complexity index is 490. The van der Waals surface area contributed by atoms with E-state index in [0.717, 1.165) is 12.2 Å². The Hall–Kier alpha value is -2.04. The van der Waals surface area contributed by atoms with Crippen molar-refractivity contribution in [1.82, 2.24) is 10.2 Å². The summed E-state index contributed by atoms with van der Waals surface area (Å²) in [6, 6.07) is 10.0. The smallest absolute Gasteiger partial charge is 0.225 e. The Kier molecular flexibility index (Phi) is 5.20. The third kappa shape index (κ3) is 3.97. The molecule has 0 unspecified atom stereocenters. The highest BCUT2D eigenvalue weighted by molar-refractivity contribution is 5.89. The summed E-state index contributed by atoms with van der Waals surface area (Å²) < 4.78 is 0. The van der Waals surface area contributed by atoms with E-state index in [1.807, 2.05) is 44.3 Å². The van der Waals surface area contributed by atoms with Gasteiger partial charge in [0.2, 0.25) is 11.8 Å². The number of likely N-dealkylation sites (N-methyl/N-ethyl adjacent to an activating group) is 1. The predicted molar refractivity (Wildman–Crippen MR) is 83.1 cm³/mol. The summed E-state index contributed by atoms with van der Waals surface area (Å²) in [7, 11) is 2.00. The summed E-state index contributed by atoms with van der Waals surface area (Å²) in [5.74, 6) is -0.126. The van der Waals surface area contributed by atoms with Crippen molar-refractivity contribution in [3.8, 4) is 0 Å². The first kappa shape index (κ1) is 15.4. The number of anilines is 1. The molecule has 0 radical (unpaired) electrons. The van der Waals surface area contributed by atoms with Crippen molar-refractivity contribution >= 4 is 17.5 Å². The van der Waals surface area contributed by atoms with Crippen LogP contribution in [0.1, 0.15) is 13.3 Å². The van der Waals surface area contributed by atoms with Gasteiger partial charge in [-0.05, 0) is 19.1 Å². The van der Waals surface area contributed by atoms with Gasteiger partial charge in [0.25, 0.3) is 0 Å². The Balaban J connectivity index is 1.74. The van der Waals surface area contributed by atoms with Crippen LogP contribution in [0.4, 0.5) is 5.69 Å². The quantitative estimate of drug-likeness (QED) is 0.853. The van der Waals surface area contributed by atoms with Crippen LogP contribution in [0.2, 0.25) is 0 Å². The molecule has 2 rings (SSSR count). The van der Waals surface area contributed by atoms with Crippen LogP contribution < -0.4 is 10.2 Å².